The van der Waals surface area contributed by atoms with Crippen LogP contribution in [0.25, 0.3) is 5.57 Å². The van der Waals surface area contributed by atoms with Crippen molar-refractivity contribution in [3.8, 4) is 5.75 Å². The smallest absolute Gasteiger partial charge is 0.170 e. The van der Waals surface area contributed by atoms with E-state index < -0.39 is 0 Å². The molecule has 0 aromatic heterocycles. The number of ether oxygens (including phenoxy) is 1. The van der Waals surface area contributed by atoms with E-state index in [9.17, 15) is 4.79 Å². The first kappa shape index (κ1) is 17.7. The maximum Gasteiger partial charge on any atom is 0.170 e. The lowest BCUT2D eigenvalue weighted by molar-refractivity contribution is 0.0961. The maximum atomic E-state index is 13.2. The average molecular weight is 342 g/mol. The number of carbonyl (C=O) groups excluding carboxylic acids is 1. The van der Waals surface area contributed by atoms with Crippen molar-refractivity contribution in [2.24, 2.45) is 0 Å². The Morgan fingerprint density at radius 3 is 2.00 bits per heavy atom. The molecule has 130 valence electrons. The van der Waals surface area contributed by atoms with E-state index in [1.807, 2.05) is 84.9 Å². The van der Waals surface area contributed by atoms with Crippen molar-refractivity contribution in [3.05, 3.63) is 108 Å². The normalized spacial score (nSPS) is 11.6. The molecule has 0 aliphatic heterocycles. The van der Waals surface area contributed by atoms with Crippen LogP contribution in [0.1, 0.15) is 33.8 Å². The molecule has 0 saturated carbocycles. The van der Waals surface area contributed by atoms with Gasteiger partial charge in [-0.3, -0.25) is 4.79 Å². The first-order chi connectivity index (χ1) is 12.7. The van der Waals surface area contributed by atoms with Gasteiger partial charge in [-0.05, 0) is 47.4 Å². The molecule has 0 aliphatic carbocycles. The maximum absolute atomic E-state index is 13.2. The van der Waals surface area contributed by atoms with Crippen molar-refractivity contribution in [2.75, 3.05) is 7.11 Å². The zero-order valence-corrected chi connectivity index (χ0v) is 14.9. The van der Waals surface area contributed by atoms with E-state index in [1.54, 1.807) is 7.11 Å². The summed E-state index contributed by atoms with van der Waals surface area (Å²) in [6.07, 6.45) is 0.582. The number of methoxy groups -OCH3 is 1. The SMILES string of the molecule is C=C(CC(C(=O)c1ccc(OC)cc1)c1ccccc1)c1ccccc1. The standard InChI is InChI=1S/C24H22O2/c1-18(19-9-5-3-6-10-19)17-23(20-11-7-4-8-12-20)24(25)21-13-15-22(26-2)16-14-21/h3-16,23H,1,17H2,2H3. The highest BCUT2D eigenvalue weighted by atomic mass is 16.5. The fourth-order valence-corrected chi connectivity index (χ4v) is 3.04. The minimum Gasteiger partial charge on any atom is -0.497 e. The second kappa shape index (κ2) is 8.30. The summed E-state index contributed by atoms with van der Waals surface area (Å²) >= 11 is 0. The Morgan fingerprint density at radius 1 is 0.846 bits per heavy atom. The Kier molecular flexibility index (Phi) is 5.65. The van der Waals surface area contributed by atoms with Gasteiger partial charge in [-0.1, -0.05) is 67.2 Å². The minimum atomic E-state index is -0.266. The molecule has 3 rings (SSSR count). The van der Waals surface area contributed by atoms with E-state index >= 15 is 0 Å². The number of hydrogen-bond acceptors (Lipinski definition) is 2. The van der Waals surface area contributed by atoms with Crippen LogP contribution < -0.4 is 4.74 Å². The summed E-state index contributed by atoms with van der Waals surface area (Å²) in [7, 11) is 1.62. The molecule has 1 unspecified atom stereocenters. The molecule has 0 radical (unpaired) electrons. The minimum absolute atomic E-state index is 0.0935. The molecular weight excluding hydrogens is 320 g/mol. The molecule has 0 amide bonds. The molecule has 0 spiro atoms. The summed E-state index contributed by atoms with van der Waals surface area (Å²) < 4.78 is 5.19. The van der Waals surface area contributed by atoms with Crippen molar-refractivity contribution in [1.29, 1.82) is 0 Å². The van der Waals surface area contributed by atoms with Crippen molar-refractivity contribution < 1.29 is 9.53 Å². The summed E-state index contributed by atoms with van der Waals surface area (Å²) in [5.74, 6) is 0.569. The first-order valence-electron chi connectivity index (χ1n) is 8.65. The number of benzene rings is 3. The van der Waals surface area contributed by atoms with Crippen LogP contribution in [0.4, 0.5) is 0 Å². The van der Waals surface area contributed by atoms with Crippen LogP contribution in [0, 0.1) is 0 Å². The third-order valence-electron chi connectivity index (χ3n) is 4.53. The largest absolute Gasteiger partial charge is 0.497 e. The summed E-state index contributed by atoms with van der Waals surface area (Å²) in [6, 6.07) is 27.2. The number of hydrogen-bond donors (Lipinski definition) is 0. The lowest BCUT2D eigenvalue weighted by atomic mass is 9.84. The Morgan fingerprint density at radius 2 is 1.42 bits per heavy atom. The molecule has 0 fully saturated rings. The third-order valence-corrected chi connectivity index (χ3v) is 4.53. The van der Waals surface area contributed by atoms with Crippen molar-refractivity contribution in [1.82, 2.24) is 0 Å². The van der Waals surface area contributed by atoms with Crippen molar-refractivity contribution >= 4 is 11.4 Å². The van der Waals surface area contributed by atoms with Gasteiger partial charge in [0.15, 0.2) is 5.78 Å². The Bertz CT molecular complexity index is 865. The van der Waals surface area contributed by atoms with Crippen LogP contribution >= 0.6 is 0 Å². The summed E-state index contributed by atoms with van der Waals surface area (Å²) in [6.45, 7) is 4.22. The molecule has 0 N–H and O–H groups in total. The van der Waals surface area contributed by atoms with Gasteiger partial charge in [0.1, 0.15) is 5.75 Å². The Hall–Kier alpha value is -3.13. The van der Waals surface area contributed by atoms with Gasteiger partial charge < -0.3 is 4.74 Å². The van der Waals surface area contributed by atoms with Crippen molar-refractivity contribution in [2.45, 2.75) is 12.3 Å². The van der Waals surface area contributed by atoms with E-state index in [2.05, 4.69) is 6.58 Å². The summed E-state index contributed by atoms with van der Waals surface area (Å²) in [5, 5.41) is 0. The van der Waals surface area contributed by atoms with E-state index in [1.165, 1.54) is 0 Å². The molecule has 0 aliphatic rings. The first-order valence-corrected chi connectivity index (χ1v) is 8.65. The van der Waals surface area contributed by atoms with Crippen LogP contribution in [0.3, 0.4) is 0 Å². The quantitative estimate of drug-likeness (QED) is 0.510. The highest BCUT2D eigenvalue weighted by Gasteiger charge is 2.23. The van der Waals surface area contributed by atoms with E-state index in [0.717, 1.165) is 22.4 Å². The zero-order valence-electron chi connectivity index (χ0n) is 14.9. The van der Waals surface area contributed by atoms with Crippen molar-refractivity contribution in [3.63, 3.8) is 0 Å². The molecule has 3 aromatic rings. The average Bonchev–Trinajstić information content (AvgIpc) is 2.72. The number of Topliss-reactive ketones (excluding diaryl/α,β-unsaturated/α-hetero) is 1. The highest BCUT2D eigenvalue weighted by Crippen LogP contribution is 2.31. The Labute approximate surface area is 154 Å². The topological polar surface area (TPSA) is 26.3 Å². The number of rotatable bonds is 7. The van der Waals surface area contributed by atoms with Gasteiger partial charge in [-0.15, -0.1) is 0 Å². The van der Waals surface area contributed by atoms with Gasteiger partial charge in [0, 0.05) is 5.56 Å². The molecule has 0 heterocycles. The monoisotopic (exact) mass is 342 g/mol. The molecule has 0 bridgehead atoms. The predicted octanol–water partition coefficient (Wildman–Crippen LogP) is 5.77. The second-order valence-electron chi connectivity index (χ2n) is 6.23. The van der Waals surface area contributed by atoms with Crippen LogP contribution in [0.5, 0.6) is 5.75 Å². The van der Waals surface area contributed by atoms with Gasteiger partial charge in [0.05, 0.1) is 13.0 Å². The van der Waals surface area contributed by atoms with Crippen LogP contribution in [0.15, 0.2) is 91.5 Å². The fraction of sp³-hybridized carbons (Fsp3) is 0.125. The number of ketones is 1. The zero-order chi connectivity index (χ0) is 18.4. The Balaban J connectivity index is 1.90. The van der Waals surface area contributed by atoms with Crippen LogP contribution in [0.2, 0.25) is 0 Å². The molecule has 2 nitrogen and oxygen atoms in total. The predicted molar refractivity (Wildman–Crippen MR) is 107 cm³/mol. The summed E-state index contributed by atoms with van der Waals surface area (Å²) in [5.41, 5.74) is 3.71. The van der Waals surface area contributed by atoms with Gasteiger partial charge in [-0.25, -0.2) is 0 Å². The fourth-order valence-electron chi connectivity index (χ4n) is 3.04. The lowest BCUT2D eigenvalue weighted by Gasteiger charge is -2.18. The van der Waals surface area contributed by atoms with Gasteiger partial charge in [0.25, 0.3) is 0 Å². The van der Waals surface area contributed by atoms with Crippen LogP contribution in [-0.4, -0.2) is 12.9 Å². The van der Waals surface area contributed by atoms with E-state index in [0.29, 0.717) is 12.0 Å². The highest BCUT2D eigenvalue weighted by molar-refractivity contribution is 6.02. The molecule has 0 saturated heterocycles. The van der Waals surface area contributed by atoms with E-state index in [-0.39, 0.29) is 11.7 Å². The molecule has 1 atom stereocenters. The second-order valence-corrected chi connectivity index (χ2v) is 6.23. The van der Waals surface area contributed by atoms with Gasteiger partial charge in [0.2, 0.25) is 0 Å². The lowest BCUT2D eigenvalue weighted by Crippen LogP contribution is -2.13. The van der Waals surface area contributed by atoms with Gasteiger partial charge in [-0.2, -0.15) is 0 Å². The molecule has 2 heteroatoms. The van der Waals surface area contributed by atoms with Gasteiger partial charge >= 0.3 is 0 Å². The number of allylic oxidation sites excluding steroid dienone is 1. The molecule has 26 heavy (non-hydrogen) atoms. The molecule has 3 aromatic carbocycles. The van der Waals surface area contributed by atoms with E-state index in [4.69, 9.17) is 4.74 Å². The third kappa shape index (κ3) is 4.09. The number of carbonyl (C=O) groups is 1. The van der Waals surface area contributed by atoms with Crippen LogP contribution in [-0.2, 0) is 0 Å². The summed E-state index contributed by atoms with van der Waals surface area (Å²) in [4.78, 5) is 13.2. The molecular formula is C24H22O2.